The van der Waals surface area contributed by atoms with Crippen molar-refractivity contribution in [1.82, 2.24) is 4.98 Å². The Morgan fingerprint density at radius 1 is 1.71 bits per heavy atom. The molecule has 1 aromatic heterocycles. The van der Waals surface area contributed by atoms with Crippen LogP contribution in [0.5, 0.6) is 0 Å². The molecule has 0 amide bonds. The van der Waals surface area contributed by atoms with Crippen LogP contribution in [0.2, 0.25) is 0 Å². The zero-order valence-electron chi connectivity index (χ0n) is 9.35. The first kappa shape index (κ1) is 13.2. The number of alkyl halides is 1. The quantitative estimate of drug-likeness (QED) is 0.621. The van der Waals surface area contributed by atoms with E-state index in [9.17, 15) is 4.79 Å². The number of thioether (sulfide) groups is 2. The van der Waals surface area contributed by atoms with Gasteiger partial charge in [0, 0.05) is 38.3 Å². The summed E-state index contributed by atoms with van der Waals surface area (Å²) >= 11 is 6.94. The zero-order valence-corrected chi connectivity index (χ0v) is 12.6. The van der Waals surface area contributed by atoms with Gasteiger partial charge in [0.2, 0.25) is 0 Å². The topological polar surface area (TPSA) is 30.0 Å². The van der Waals surface area contributed by atoms with Crippen LogP contribution in [0.1, 0.15) is 16.8 Å². The van der Waals surface area contributed by atoms with Crippen molar-refractivity contribution in [3.05, 3.63) is 39.9 Å². The maximum Gasteiger partial charge on any atom is 0.192 e. The number of aromatic nitrogens is 1. The number of pyridine rings is 1. The molecular weight excluding hydrogens is 318 g/mol. The summed E-state index contributed by atoms with van der Waals surface area (Å²) in [6.45, 7) is 0. The maximum absolute atomic E-state index is 12.3. The molecule has 0 aliphatic carbocycles. The summed E-state index contributed by atoms with van der Waals surface area (Å²) in [5, 5.41) is 1.40. The van der Waals surface area contributed by atoms with Crippen molar-refractivity contribution in [2.24, 2.45) is 0 Å². The van der Waals surface area contributed by atoms with Gasteiger partial charge in [-0.05, 0) is 24.8 Å². The van der Waals surface area contributed by atoms with Gasteiger partial charge >= 0.3 is 0 Å². The highest BCUT2D eigenvalue weighted by Crippen LogP contribution is 2.44. The number of Topliss-reactive ketones (excluding diaryl/α,β-unsaturated/α-hetero) is 1. The third kappa shape index (κ3) is 2.95. The highest BCUT2D eigenvalue weighted by molar-refractivity contribution is 9.09. The van der Waals surface area contributed by atoms with Gasteiger partial charge in [-0.2, -0.15) is 0 Å². The molecule has 0 spiro atoms. The molecule has 90 valence electrons. The van der Waals surface area contributed by atoms with Crippen LogP contribution < -0.4 is 0 Å². The molecule has 5 heteroatoms. The molecule has 0 N–H and O–H groups in total. The first-order valence-corrected chi connectivity index (χ1v) is 8.43. The lowest BCUT2D eigenvalue weighted by Crippen LogP contribution is -2.07. The van der Waals surface area contributed by atoms with E-state index >= 15 is 0 Å². The van der Waals surface area contributed by atoms with Gasteiger partial charge < -0.3 is 0 Å². The van der Waals surface area contributed by atoms with Gasteiger partial charge in [-0.15, -0.1) is 23.5 Å². The molecule has 2 rings (SSSR count). The number of nitrogens with zero attached hydrogens (tertiary/aromatic N) is 1. The Bertz CT molecular complexity index is 447. The minimum Gasteiger partial charge on any atom is -0.289 e. The SMILES string of the molecule is CSC1=C(C(=O)c2cccnc2)CC(CBr)S1. The number of halogens is 1. The van der Waals surface area contributed by atoms with Crippen molar-refractivity contribution in [2.75, 3.05) is 11.6 Å². The Hall–Kier alpha value is -0.260. The van der Waals surface area contributed by atoms with E-state index in [1.54, 1.807) is 42.0 Å². The molecule has 17 heavy (non-hydrogen) atoms. The third-order valence-corrected chi connectivity index (χ3v) is 6.25. The van der Waals surface area contributed by atoms with Gasteiger partial charge in [-0.3, -0.25) is 9.78 Å². The number of ketones is 1. The Kier molecular flexibility index (Phi) is 4.70. The molecule has 0 fully saturated rings. The van der Waals surface area contributed by atoms with Gasteiger partial charge in [0.1, 0.15) is 0 Å². The molecule has 2 nitrogen and oxygen atoms in total. The molecule has 1 aliphatic rings. The lowest BCUT2D eigenvalue weighted by molar-refractivity contribution is 0.103. The predicted octanol–water partition coefficient (Wildman–Crippen LogP) is 3.74. The highest BCUT2D eigenvalue weighted by atomic mass is 79.9. The highest BCUT2D eigenvalue weighted by Gasteiger charge is 2.28. The van der Waals surface area contributed by atoms with Crippen molar-refractivity contribution in [3.63, 3.8) is 0 Å². The lowest BCUT2D eigenvalue weighted by atomic mass is 10.0. The summed E-state index contributed by atoms with van der Waals surface area (Å²) in [6.07, 6.45) is 6.19. The van der Waals surface area contributed by atoms with Crippen LogP contribution in [0, 0.1) is 0 Å². The lowest BCUT2D eigenvalue weighted by Gasteiger charge is -2.03. The maximum atomic E-state index is 12.3. The Labute approximate surface area is 118 Å². The molecule has 1 atom stereocenters. The third-order valence-electron chi connectivity index (χ3n) is 2.51. The van der Waals surface area contributed by atoms with Gasteiger partial charge in [0.25, 0.3) is 0 Å². The van der Waals surface area contributed by atoms with Crippen LogP contribution in [0.3, 0.4) is 0 Å². The van der Waals surface area contributed by atoms with E-state index in [1.165, 1.54) is 0 Å². The molecule has 1 aromatic rings. The second kappa shape index (κ2) is 6.07. The van der Waals surface area contributed by atoms with E-state index < -0.39 is 0 Å². The molecule has 2 heterocycles. The monoisotopic (exact) mass is 329 g/mol. The van der Waals surface area contributed by atoms with Gasteiger partial charge in [-0.1, -0.05) is 15.9 Å². The number of hydrogen-bond donors (Lipinski definition) is 0. The van der Waals surface area contributed by atoms with E-state index in [2.05, 4.69) is 20.9 Å². The standard InChI is InChI=1S/C12H12BrNOS2/c1-16-12-10(5-9(6-13)17-12)11(15)8-3-2-4-14-7-8/h2-4,7,9H,5-6H2,1H3. The van der Waals surface area contributed by atoms with E-state index in [-0.39, 0.29) is 5.78 Å². The summed E-state index contributed by atoms with van der Waals surface area (Å²) < 4.78 is 1.16. The largest absolute Gasteiger partial charge is 0.289 e. The van der Waals surface area contributed by atoms with Crippen LogP contribution in [0.25, 0.3) is 0 Å². The molecule has 0 bridgehead atoms. The average molecular weight is 330 g/mol. The second-order valence-electron chi connectivity index (χ2n) is 3.64. The smallest absolute Gasteiger partial charge is 0.192 e. The minimum absolute atomic E-state index is 0.124. The fourth-order valence-electron chi connectivity index (χ4n) is 1.69. The van der Waals surface area contributed by atoms with Crippen LogP contribution in [-0.2, 0) is 0 Å². The zero-order chi connectivity index (χ0) is 12.3. The average Bonchev–Trinajstić information content (AvgIpc) is 2.82. The summed E-state index contributed by atoms with van der Waals surface area (Å²) in [7, 11) is 0. The number of allylic oxidation sites excluding steroid dienone is 1. The van der Waals surface area contributed by atoms with Crippen LogP contribution >= 0.6 is 39.5 Å². The summed E-state index contributed by atoms with van der Waals surface area (Å²) in [5.74, 6) is 0.124. The van der Waals surface area contributed by atoms with Crippen molar-refractivity contribution in [1.29, 1.82) is 0 Å². The number of rotatable bonds is 4. The van der Waals surface area contributed by atoms with Crippen molar-refractivity contribution in [2.45, 2.75) is 11.7 Å². The molecule has 1 aliphatic heterocycles. The summed E-state index contributed by atoms with van der Waals surface area (Å²) in [6, 6.07) is 3.63. The van der Waals surface area contributed by atoms with E-state index in [4.69, 9.17) is 0 Å². The number of hydrogen-bond acceptors (Lipinski definition) is 4. The molecule has 0 saturated heterocycles. The van der Waals surface area contributed by atoms with E-state index in [0.717, 1.165) is 21.6 Å². The van der Waals surface area contributed by atoms with E-state index in [0.29, 0.717) is 10.8 Å². The molecule has 1 unspecified atom stereocenters. The van der Waals surface area contributed by atoms with Crippen LogP contribution in [0.4, 0.5) is 0 Å². The molecule has 0 saturated carbocycles. The van der Waals surface area contributed by atoms with Crippen molar-refractivity contribution >= 4 is 45.2 Å². The summed E-state index contributed by atoms with van der Waals surface area (Å²) in [4.78, 5) is 16.3. The van der Waals surface area contributed by atoms with Crippen LogP contribution in [-0.4, -0.2) is 27.6 Å². The first-order valence-electron chi connectivity index (χ1n) is 5.20. The summed E-state index contributed by atoms with van der Waals surface area (Å²) in [5.41, 5.74) is 1.63. The fourth-order valence-corrected chi connectivity index (χ4v) is 4.46. The van der Waals surface area contributed by atoms with Crippen molar-refractivity contribution < 1.29 is 4.79 Å². The van der Waals surface area contributed by atoms with Crippen LogP contribution in [0.15, 0.2) is 34.3 Å². The van der Waals surface area contributed by atoms with E-state index in [1.807, 2.05) is 12.3 Å². The Morgan fingerprint density at radius 2 is 2.53 bits per heavy atom. The Morgan fingerprint density at radius 3 is 3.12 bits per heavy atom. The minimum atomic E-state index is 0.124. The predicted molar refractivity (Wildman–Crippen MR) is 78.9 cm³/mol. The molecular formula is C12H12BrNOS2. The normalized spacial score (nSPS) is 19.8. The van der Waals surface area contributed by atoms with Gasteiger partial charge in [0.15, 0.2) is 5.78 Å². The first-order chi connectivity index (χ1) is 8.26. The van der Waals surface area contributed by atoms with Gasteiger partial charge in [0.05, 0.1) is 0 Å². The van der Waals surface area contributed by atoms with Gasteiger partial charge in [-0.25, -0.2) is 0 Å². The fraction of sp³-hybridized carbons (Fsp3) is 0.333. The Balaban J connectivity index is 2.25. The van der Waals surface area contributed by atoms with Crippen molar-refractivity contribution in [3.8, 4) is 0 Å². The second-order valence-corrected chi connectivity index (χ2v) is 6.67. The number of carbonyl (C=O) groups excluding carboxylic acids is 1. The number of carbonyl (C=O) groups is 1. The molecule has 0 radical (unpaired) electrons. The molecule has 0 aromatic carbocycles.